The van der Waals surface area contributed by atoms with Crippen molar-refractivity contribution < 1.29 is 4.79 Å². The van der Waals surface area contributed by atoms with Gasteiger partial charge in [-0.05, 0) is 69.0 Å². The fourth-order valence-electron chi connectivity index (χ4n) is 4.19. The predicted octanol–water partition coefficient (Wildman–Crippen LogP) is 2.12. The molecular formula is C17H33N3O. The molecular weight excluding hydrogens is 262 g/mol. The highest BCUT2D eigenvalue weighted by Gasteiger charge is 2.44. The van der Waals surface area contributed by atoms with Gasteiger partial charge in [-0.2, -0.15) is 0 Å². The van der Waals surface area contributed by atoms with Crippen LogP contribution in [0.4, 0.5) is 0 Å². The van der Waals surface area contributed by atoms with Crippen molar-refractivity contribution in [2.75, 3.05) is 19.6 Å². The van der Waals surface area contributed by atoms with Crippen LogP contribution in [0.2, 0.25) is 0 Å². The summed E-state index contributed by atoms with van der Waals surface area (Å²) in [6.45, 7) is 10.5. The quantitative estimate of drug-likeness (QED) is 0.834. The van der Waals surface area contributed by atoms with E-state index in [4.69, 9.17) is 11.5 Å². The molecule has 2 fully saturated rings. The van der Waals surface area contributed by atoms with Gasteiger partial charge < -0.3 is 16.4 Å². The average molecular weight is 295 g/mol. The zero-order chi connectivity index (χ0) is 15.7. The Hall–Kier alpha value is -0.610. The number of hydrogen-bond acceptors (Lipinski definition) is 3. The Kier molecular flexibility index (Phi) is 4.99. The third-order valence-electron chi connectivity index (χ3n) is 5.94. The monoisotopic (exact) mass is 295 g/mol. The molecule has 0 spiro atoms. The Balaban J connectivity index is 1.79. The van der Waals surface area contributed by atoms with E-state index >= 15 is 0 Å². The standard InChI is InChI=1S/C17H33N3O/c1-16(2,3)13-6-10-20(11-7-13)12-8-14-5-4-9-17(14,19)15(18)21/h13-14H,4-12,19H2,1-3H3,(H2,18,21). The number of amides is 1. The summed E-state index contributed by atoms with van der Waals surface area (Å²) < 4.78 is 0. The maximum Gasteiger partial charge on any atom is 0.237 e. The number of rotatable bonds is 4. The summed E-state index contributed by atoms with van der Waals surface area (Å²) in [7, 11) is 0. The highest BCUT2D eigenvalue weighted by atomic mass is 16.1. The SMILES string of the molecule is CC(C)(C)C1CCN(CCC2CCCC2(N)C(N)=O)CC1. The molecule has 1 aliphatic carbocycles. The maximum absolute atomic E-state index is 11.6. The average Bonchev–Trinajstić information content (AvgIpc) is 2.79. The lowest BCUT2D eigenvalue weighted by Gasteiger charge is -2.39. The fraction of sp³-hybridized carbons (Fsp3) is 0.941. The van der Waals surface area contributed by atoms with E-state index in [2.05, 4.69) is 25.7 Å². The summed E-state index contributed by atoms with van der Waals surface area (Å²) in [5.41, 5.74) is 11.4. The molecule has 4 nitrogen and oxygen atoms in total. The van der Waals surface area contributed by atoms with Crippen molar-refractivity contribution in [1.29, 1.82) is 0 Å². The van der Waals surface area contributed by atoms with Gasteiger partial charge in [0.1, 0.15) is 0 Å². The molecule has 1 amide bonds. The molecule has 4 N–H and O–H groups in total. The number of primary amides is 1. The van der Waals surface area contributed by atoms with Gasteiger partial charge in [0.15, 0.2) is 0 Å². The summed E-state index contributed by atoms with van der Waals surface area (Å²) in [5, 5.41) is 0. The molecule has 2 rings (SSSR count). The van der Waals surface area contributed by atoms with Crippen LogP contribution in [0.15, 0.2) is 0 Å². The highest BCUT2D eigenvalue weighted by Crippen LogP contribution is 2.37. The molecule has 0 aromatic rings. The number of nitrogens with two attached hydrogens (primary N) is 2. The molecule has 4 heteroatoms. The van der Waals surface area contributed by atoms with Gasteiger partial charge in [0.25, 0.3) is 0 Å². The van der Waals surface area contributed by atoms with Crippen LogP contribution in [0.3, 0.4) is 0 Å². The van der Waals surface area contributed by atoms with E-state index in [-0.39, 0.29) is 11.8 Å². The van der Waals surface area contributed by atoms with Crippen molar-refractivity contribution in [2.45, 2.75) is 64.8 Å². The minimum absolute atomic E-state index is 0.273. The van der Waals surface area contributed by atoms with Crippen molar-refractivity contribution in [1.82, 2.24) is 4.90 Å². The molecule has 0 aromatic heterocycles. The molecule has 2 unspecified atom stereocenters. The summed E-state index contributed by atoms with van der Waals surface area (Å²) in [6, 6.07) is 0. The Morgan fingerprint density at radius 3 is 2.38 bits per heavy atom. The largest absolute Gasteiger partial charge is 0.368 e. The zero-order valence-electron chi connectivity index (χ0n) is 14.0. The van der Waals surface area contributed by atoms with Gasteiger partial charge in [-0.25, -0.2) is 0 Å². The summed E-state index contributed by atoms with van der Waals surface area (Å²) in [4.78, 5) is 14.2. The first kappa shape index (κ1) is 16.8. The molecule has 2 aliphatic rings. The van der Waals surface area contributed by atoms with E-state index in [9.17, 15) is 4.79 Å². The van der Waals surface area contributed by atoms with Gasteiger partial charge in [0, 0.05) is 0 Å². The number of carbonyl (C=O) groups excluding carboxylic acids is 1. The molecule has 1 aliphatic heterocycles. The second kappa shape index (κ2) is 6.25. The molecule has 0 radical (unpaired) electrons. The van der Waals surface area contributed by atoms with Crippen LogP contribution < -0.4 is 11.5 Å². The molecule has 1 heterocycles. The van der Waals surface area contributed by atoms with Crippen LogP contribution in [-0.2, 0) is 4.79 Å². The Bertz CT molecular complexity index is 369. The molecule has 21 heavy (non-hydrogen) atoms. The van der Waals surface area contributed by atoms with Crippen LogP contribution in [0.1, 0.15) is 59.3 Å². The molecule has 1 saturated heterocycles. The van der Waals surface area contributed by atoms with Gasteiger partial charge in [-0.1, -0.05) is 27.2 Å². The number of likely N-dealkylation sites (tertiary alicyclic amines) is 1. The van der Waals surface area contributed by atoms with Gasteiger partial charge in [0.2, 0.25) is 5.91 Å². The minimum Gasteiger partial charge on any atom is -0.368 e. The van der Waals surface area contributed by atoms with Crippen LogP contribution >= 0.6 is 0 Å². The Morgan fingerprint density at radius 2 is 1.86 bits per heavy atom. The number of carbonyl (C=O) groups is 1. The normalized spacial score (nSPS) is 32.5. The maximum atomic E-state index is 11.6. The lowest BCUT2D eigenvalue weighted by Crippen LogP contribution is -2.55. The molecule has 0 aromatic carbocycles. The third kappa shape index (κ3) is 3.78. The zero-order valence-corrected chi connectivity index (χ0v) is 14.0. The molecule has 0 bridgehead atoms. The van der Waals surface area contributed by atoms with E-state index in [1.807, 2.05) is 0 Å². The number of nitrogens with zero attached hydrogens (tertiary/aromatic N) is 1. The second-order valence-corrected chi connectivity index (χ2v) is 8.26. The molecule has 2 atom stereocenters. The van der Waals surface area contributed by atoms with Gasteiger partial charge in [-0.15, -0.1) is 0 Å². The van der Waals surface area contributed by atoms with E-state index in [0.29, 0.717) is 5.41 Å². The predicted molar refractivity (Wildman–Crippen MR) is 86.7 cm³/mol. The van der Waals surface area contributed by atoms with Crippen LogP contribution in [0.5, 0.6) is 0 Å². The van der Waals surface area contributed by atoms with Crippen molar-refractivity contribution in [3.05, 3.63) is 0 Å². The summed E-state index contributed by atoms with van der Waals surface area (Å²) >= 11 is 0. The van der Waals surface area contributed by atoms with Crippen molar-refractivity contribution in [2.24, 2.45) is 28.7 Å². The van der Waals surface area contributed by atoms with Gasteiger partial charge >= 0.3 is 0 Å². The third-order valence-corrected chi connectivity index (χ3v) is 5.94. The van der Waals surface area contributed by atoms with Crippen molar-refractivity contribution >= 4 is 5.91 Å². The lowest BCUT2D eigenvalue weighted by molar-refractivity contribution is -0.124. The fourth-order valence-corrected chi connectivity index (χ4v) is 4.19. The number of piperidine rings is 1. The first-order chi connectivity index (χ1) is 9.73. The minimum atomic E-state index is -0.746. The van der Waals surface area contributed by atoms with E-state index in [1.54, 1.807) is 0 Å². The van der Waals surface area contributed by atoms with Crippen LogP contribution in [0, 0.1) is 17.3 Å². The summed E-state index contributed by atoms with van der Waals surface area (Å²) in [5.74, 6) is 0.797. The van der Waals surface area contributed by atoms with E-state index < -0.39 is 5.54 Å². The highest BCUT2D eigenvalue weighted by molar-refractivity contribution is 5.85. The van der Waals surface area contributed by atoms with E-state index in [1.165, 1.54) is 25.9 Å². The number of hydrogen-bond donors (Lipinski definition) is 2. The lowest BCUT2D eigenvalue weighted by atomic mass is 9.75. The van der Waals surface area contributed by atoms with Gasteiger partial charge in [0.05, 0.1) is 5.54 Å². The first-order valence-corrected chi connectivity index (χ1v) is 8.54. The van der Waals surface area contributed by atoms with Gasteiger partial charge in [-0.3, -0.25) is 4.79 Å². The molecule has 1 saturated carbocycles. The van der Waals surface area contributed by atoms with Crippen molar-refractivity contribution in [3.63, 3.8) is 0 Å². The van der Waals surface area contributed by atoms with Crippen LogP contribution in [-0.4, -0.2) is 36.0 Å². The van der Waals surface area contributed by atoms with E-state index in [0.717, 1.165) is 38.1 Å². The van der Waals surface area contributed by atoms with Crippen LogP contribution in [0.25, 0.3) is 0 Å². The second-order valence-electron chi connectivity index (χ2n) is 8.26. The Morgan fingerprint density at radius 1 is 1.24 bits per heavy atom. The smallest absolute Gasteiger partial charge is 0.237 e. The first-order valence-electron chi connectivity index (χ1n) is 8.54. The Labute approximate surface area is 129 Å². The summed E-state index contributed by atoms with van der Waals surface area (Å²) in [6.07, 6.45) is 6.45. The molecule has 122 valence electrons. The topological polar surface area (TPSA) is 72.3 Å². The van der Waals surface area contributed by atoms with Crippen molar-refractivity contribution in [3.8, 4) is 0 Å².